The molecule has 1 aromatic heterocycles. The SMILES string of the molecule is COCCN1CCC2(CCN(C(=O)c3cc(C)oc3C)C2)C1=O. The van der Waals surface area contributed by atoms with E-state index >= 15 is 0 Å². The van der Waals surface area contributed by atoms with Gasteiger partial charge in [0.15, 0.2) is 0 Å². The molecule has 23 heavy (non-hydrogen) atoms. The van der Waals surface area contributed by atoms with Crippen LogP contribution in [0.15, 0.2) is 10.5 Å². The number of rotatable bonds is 4. The smallest absolute Gasteiger partial charge is 0.257 e. The first-order valence-corrected chi connectivity index (χ1v) is 8.11. The van der Waals surface area contributed by atoms with Crippen molar-refractivity contribution in [3.05, 3.63) is 23.2 Å². The molecule has 1 atom stereocenters. The van der Waals surface area contributed by atoms with Crippen LogP contribution in [0.25, 0.3) is 0 Å². The van der Waals surface area contributed by atoms with Crippen molar-refractivity contribution in [1.29, 1.82) is 0 Å². The molecule has 2 amide bonds. The van der Waals surface area contributed by atoms with Crippen molar-refractivity contribution >= 4 is 11.8 Å². The van der Waals surface area contributed by atoms with Crippen LogP contribution in [0.3, 0.4) is 0 Å². The van der Waals surface area contributed by atoms with Gasteiger partial charge in [0, 0.05) is 33.3 Å². The number of carbonyl (C=O) groups excluding carboxylic acids is 2. The van der Waals surface area contributed by atoms with Crippen molar-refractivity contribution in [2.45, 2.75) is 26.7 Å². The van der Waals surface area contributed by atoms with Gasteiger partial charge in [0.1, 0.15) is 11.5 Å². The second-order valence-corrected chi connectivity index (χ2v) is 6.62. The maximum absolute atomic E-state index is 12.7. The van der Waals surface area contributed by atoms with Crippen molar-refractivity contribution < 1.29 is 18.7 Å². The number of hydrogen-bond acceptors (Lipinski definition) is 4. The van der Waals surface area contributed by atoms with E-state index in [1.54, 1.807) is 25.0 Å². The monoisotopic (exact) mass is 320 g/mol. The van der Waals surface area contributed by atoms with Gasteiger partial charge in [0.25, 0.3) is 5.91 Å². The molecule has 1 spiro atoms. The number of likely N-dealkylation sites (tertiary alicyclic amines) is 2. The van der Waals surface area contributed by atoms with Gasteiger partial charge in [-0.1, -0.05) is 0 Å². The van der Waals surface area contributed by atoms with E-state index in [-0.39, 0.29) is 11.8 Å². The number of ether oxygens (including phenoxy) is 1. The minimum atomic E-state index is -0.393. The van der Waals surface area contributed by atoms with E-state index in [0.29, 0.717) is 37.6 Å². The molecule has 1 unspecified atom stereocenters. The summed E-state index contributed by atoms with van der Waals surface area (Å²) in [6, 6.07) is 1.78. The molecule has 0 aromatic carbocycles. The molecular weight excluding hydrogens is 296 g/mol. The summed E-state index contributed by atoms with van der Waals surface area (Å²) < 4.78 is 10.5. The van der Waals surface area contributed by atoms with Gasteiger partial charge < -0.3 is 19.0 Å². The molecule has 2 aliphatic rings. The fraction of sp³-hybridized carbons (Fsp3) is 0.647. The van der Waals surface area contributed by atoms with Gasteiger partial charge in [-0.05, 0) is 32.8 Å². The first-order chi connectivity index (χ1) is 11.0. The van der Waals surface area contributed by atoms with Crippen LogP contribution in [0.1, 0.15) is 34.7 Å². The normalized spacial score (nSPS) is 24.2. The van der Waals surface area contributed by atoms with Gasteiger partial charge in [-0.2, -0.15) is 0 Å². The van der Waals surface area contributed by atoms with Gasteiger partial charge >= 0.3 is 0 Å². The highest BCUT2D eigenvalue weighted by molar-refractivity contribution is 5.96. The number of amides is 2. The molecule has 126 valence electrons. The Bertz CT molecular complexity index is 624. The molecule has 0 N–H and O–H groups in total. The highest BCUT2D eigenvalue weighted by Crippen LogP contribution is 2.41. The van der Waals surface area contributed by atoms with E-state index in [0.717, 1.165) is 25.1 Å². The van der Waals surface area contributed by atoms with Crippen molar-refractivity contribution in [3.8, 4) is 0 Å². The topological polar surface area (TPSA) is 63.0 Å². The average molecular weight is 320 g/mol. The van der Waals surface area contributed by atoms with Crippen LogP contribution in [0, 0.1) is 19.3 Å². The van der Waals surface area contributed by atoms with Crippen LogP contribution in [0.5, 0.6) is 0 Å². The lowest BCUT2D eigenvalue weighted by Crippen LogP contribution is -2.39. The van der Waals surface area contributed by atoms with Crippen LogP contribution in [-0.4, -0.2) is 61.5 Å². The lowest BCUT2D eigenvalue weighted by atomic mass is 9.85. The Morgan fingerprint density at radius 2 is 2.09 bits per heavy atom. The van der Waals surface area contributed by atoms with Crippen molar-refractivity contribution in [2.75, 3.05) is 39.9 Å². The summed E-state index contributed by atoms with van der Waals surface area (Å²) in [6.07, 6.45) is 1.57. The van der Waals surface area contributed by atoms with Crippen LogP contribution in [0.4, 0.5) is 0 Å². The molecule has 0 radical (unpaired) electrons. The Kier molecular flexibility index (Phi) is 4.19. The van der Waals surface area contributed by atoms with E-state index < -0.39 is 5.41 Å². The largest absolute Gasteiger partial charge is 0.466 e. The maximum Gasteiger partial charge on any atom is 0.257 e. The van der Waals surface area contributed by atoms with E-state index in [1.807, 2.05) is 11.8 Å². The lowest BCUT2D eigenvalue weighted by molar-refractivity contribution is -0.135. The zero-order valence-electron chi connectivity index (χ0n) is 14.1. The predicted molar refractivity (Wildman–Crippen MR) is 84.2 cm³/mol. The summed E-state index contributed by atoms with van der Waals surface area (Å²) in [5, 5.41) is 0. The molecule has 2 fully saturated rings. The number of aryl methyl sites for hydroxylation is 2. The standard InChI is InChI=1S/C17H24N2O4/c1-12-10-14(13(2)23-12)15(20)19-7-5-17(11-19)4-6-18(16(17)21)8-9-22-3/h10H,4-9,11H2,1-3H3. The minimum Gasteiger partial charge on any atom is -0.466 e. The number of methoxy groups -OCH3 is 1. The summed E-state index contributed by atoms with van der Waals surface area (Å²) in [5.41, 5.74) is 0.219. The molecule has 6 heteroatoms. The first-order valence-electron chi connectivity index (χ1n) is 8.11. The molecule has 1 aromatic rings. The summed E-state index contributed by atoms with van der Waals surface area (Å²) in [7, 11) is 1.64. The maximum atomic E-state index is 12.7. The fourth-order valence-corrected chi connectivity index (χ4v) is 3.75. The first kappa shape index (κ1) is 16.1. The molecular formula is C17H24N2O4. The Balaban J connectivity index is 1.70. The molecule has 0 saturated carbocycles. The number of carbonyl (C=O) groups is 2. The second-order valence-electron chi connectivity index (χ2n) is 6.62. The average Bonchev–Trinajstić information content (AvgIpc) is 3.18. The third-order valence-corrected chi connectivity index (χ3v) is 5.08. The second kappa shape index (κ2) is 6.00. The summed E-state index contributed by atoms with van der Waals surface area (Å²) in [6.45, 7) is 6.73. The quantitative estimate of drug-likeness (QED) is 0.845. The number of hydrogen-bond donors (Lipinski definition) is 0. The van der Waals surface area contributed by atoms with Crippen LogP contribution >= 0.6 is 0 Å². The van der Waals surface area contributed by atoms with Gasteiger partial charge in [0.05, 0.1) is 17.6 Å². The highest BCUT2D eigenvalue weighted by Gasteiger charge is 2.51. The molecule has 2 aliphatic heterocycles. The lowest BCUT2D eigenvalue weighted by Gasteiger charge is -2.23. The van der Waals surface area contributed by atoms with Gasteiger partial charge in [-0.15, -0.1) is 0 Å². The molecule has 0 aliphatic carbocycles. The van der Waals surface area contributed by atoms with E-state index in [4.69, 9.17) is 9.15 Å². The summed E-state index contributed by atoms with van der Waals surface area (Å²) in [5.74, 6) is 1.53. The Hall–Kier alpha value is -1.82. The number of nitrogens with zero attached hydrogens (tertiary/aromatic N) is 2. The minimum absolute atomic E-state index is 0.0284. The van der Waals surface area contributed by atoms with Gasteiger partial charge in [-0.3, -0.25) is 9.59 Å². The Morgan fingerprint density at radius 1 is 1.35 bits per heavy atom. The van der Waals surface area contributed by atoms with Gasteiger partial charge in [0.2, 0.25) is 5.91 Å². The van der Waals surface area contributed by atoms with Crippen LogP contribution < -0.4 is 0 Å². The zero-order valence-corrected chi connectivity index (χ0v) is 14.1. The zero-order chi connectivity index (χ0) is 16.6. The number of furan rings is 1. The Morgan fingerprint density at radius 3 is 2.74 bits per heavy atom. The summed E-state index contributed by atoms with van der Waals surface area (Å²) in [4.78, 5) is 29.1. The molecule has 0 bridgehead atoms. The third-order valence-electron chi connectivity index (χ3n) is 5.08. The van der Waals surface area contributed by atoms with E-state index in [1.165, 1.54) is 0 Å². The molecule has 2 saturated heterocycles. The van der Waals surface area contributed by atoms with E-state index in [2.05, 4.69) is 0 Å². The molecule has 3 heterocycles. The van der Waals surface area contributed by atoms with Crippen LogP contribution in [-0.2, 0) is 9.53 Å². The van der Waals surface area contributed by atoms with Crippen molar-refractivity contribution in [1.82, 2.24) is 9.80 Å². The predicted octanol–water partition coefficient (Wildman–Crippen LogP) is 1.61. The van der Waals surface area contributed by atoms with Crippen molar-refractivity contribution in [3.63, 3.8) is 0 Å². The van der Waals surface area contributed by atoms with Crippen molar-refractivity contribution in [2.24, 2.45) is 5.41 Å². The third kappa shape index (κ3) is 2.76. The molecule has 3 rings (SSSR count). The summed E-state index contributed by atoms with van der Waals surface area (Å²) >= 11 is 0. The van der Waals surface area contributed by atoms with Gasteiger partial charge in [-0.25, -0.2) is 0 Å². The molecule has 6 nitrogen and oxygen atoms in total. The van der Waals surface area contributed by atoms with E-state index in [9.17, 15) is 9.59 Å². The Labute approximate surface area is 136 Å². The fourth-order valence-electron chi connectivity index (χ4n) is 3.75. The van der Waals surface area contributed by atoms with Crippen LogP contribution in [0.2, 0.25) is 0 Å². The highest BCUT2D eigenvalue weighted by atomic mass is 16.5.